The van der Waals surface area contributed by atoms with Gasteiger partial charge in [-0.05, 0) is 18.6 Å². The third kappa shape index (κ3) is 0.990. The van der Waals surface area contributed by atoms with Gasteiger partial charge in [0, 0.05) is 18.8 Å². The normalized spacial score (nSPS) is 24.2. The van der Waals surface area contributed by atoms with Crippen LogP contribution in [-0.4, -0.2) is 19.0 Å². The van der Waals surface area contributed by atoms with Crippen LogP contribution in [0.4, 0.5) is 0 Å². The van der Waals surface area contributed by atoms with Crippen LogP contribution in [0.25, 0.3) is 0 Å². The van der Waals surface area contributed by atoms with Gasteiger partial charge in [-0.3, -0.25) is 4.79 Å². The topological polar surface area (TPSA) is 41.1 Å². The molecule has 0 aromatic carbocycles. The van der Waals surface area contributed by atoms with E-state index in [2.05, 4.69) is 17.2 Å². The smallest absolute Gasteiger partial charge is 0.237 e. The molecule has 2 rings (SSSR count). The van der Waals surface area contributed by atoms with E-state index in [9.17, 15) is 4.79 Å². The minimum atomic E-state index is -0.323. The minimum absolute atomic E-state index is 0.0965. The molecule has 2 heterocycles. The zero-order valence-corrected chi connectivity index (χ0v) is 8.26. The molecule has 3 heteroatoms. The number of carbonyl (C=O) groups is 1. The molecule has 0 saturated carbocycles. The Bertz CT molecular complexity index is 348. The highest BCUT2D eigenvalue weighted by Gasteiger charge is 2.51. The number of allylic oxidation sites excluding steroid dienone is 3. The van der Waals surface area contributed by atoms with Crippen molar-refractivity contribution in [3.05, 3.63) is 36.1 Å². The Balaban J connectivity index is 2.45. The summed E-state index contributed by atoms with van der Waals surface area (Å²) >= 11 is 0. The van der Waals surface area contributed by atoms with Crippen LogP contribution in [0, 0.1) is 5.41 Å². The molecule has 0 unspecified atom stereocenters. The van der Waals surface area contributed by atoms with E-state index in [-0.39, 0.29) is 11.3 Å². The molecule has 0 atom stereocenters. The van der Waals surface area contributed by atoms with Crippen LogP contribution in [0.5, 0.6) is 0 Å². The summed E-state index contributed by atoms with van der Waals surface area (Å²) in [6.45, 7) is 7.13. The maximum Gasteiger partial charge on any atom is 0.237 e. The Morgan fingerprint density at radius 2 is 2.21 bits per heavy atom. The molecule has 3 nitrogen and oxygen atoms in total. The van der Waals surface area contributed by atoms with Crippen molar-refractivity contribution in [1.29, 1.82) is 0 Å². The first-order chi connectivity index (χ1) is 6.74. The maximum atomic E-state index is 11.8. The van der Waals surface area contributed by atoms with Crippen LogP contribution in [0.2, 0.25) is 0 Å². The van der Waals surface area contributed by atoms with E-state index in [0.717, 1.165) is 24.4 Å². The molecule has 2 aliphatic rings. The standard InChI is InChI=1S/C11H14N2O/c1-3-5-8-9(4-2)13-10(14)11(8)6-12-7-11/h3-5,12H,2,6-7H2,1H3,(H,13,14)/b5-3-. The minimum Gasteiger partial charge on any atom is -0.325 e. The van der Waals surface area contributed by atoms with E-state index < -0.39 is 0 Å². The first-order valence-electron chi connectivity index (χ1n) is 4.76. The second-order valence-corrected chi connectivity index (χ2v) is 3.67. The van der Waals surface area contributed by atoms with Gasteiger partial charge in [-0.25, -0.2) is 0 Å². The lowest BCUT2D eigenvalue weighted by atomic mass is 9.75. The van der Waals surface area contributed by atoms with Crippen molar-refractivity contribution in [3.8, 4) is 0 Å². The van der Waals surface area contributed by atoms with Gasteiger partial charge in [0.25, 0.3) is 0 Å². The highest BCUT2D eigenvalue weighted by atomic mass is 16.2. The number of carbonyl (C=O) groups excluding carboxylic acids is 1. The van der Waals surface area contributed by atoms with Crippen LogP contribution in [-0.2, 0) is 4.79 Å². The van der Waals surface area contributed by atoms with Gasteiger partial charge in [-0.2, -0.15) is 0 Å². The number of rotatable bonds is 2. The largest absolute Gasteiger partial charge is 0.325 e. The molecular weight excluding hydrogens is 176 g/mol. The predicted octanol–water partition coefficient (Wildman–Crippen LogP) is 0.722. The summed E-state index contributed by atoms with van der Waals surface area (Å²) in [4.78, 5) is 11.8. The Morgan fingerprint density at radius 3 is 2.64 bits per heavy atom. The summed E-state index contributed by atoms with van der Waals surface area (Å²) in [5.41, 5.74) is 1.60. The molecular formula is C11H14N2O. The fourth-order valence-corrected chi connectivity index (χ4v) is 1.99. The van der Waals surface area contributed by atoms with Crippen molar-refractivity contribution in [3.63, 3.8) is 0 Å². The van der Waals surface area contributed by atoms with Gasteiger partial charge in [-0.15, -0.1) is 0 Å². The van der Waals surface area contributed by atoms with E-state index in [1.54, 1.807) is 6.08 Å². The predicted molar refractivity (Wildman–Crippen MR) is 55.5 cm³/mol. The molecule has 0 bridgehead atoms. The molecule has 2 aliphatic heterocycles. The van der Waals surface area contributed by atoms with Gasteiger partial charge in [0.2, 0.25) is 5.91 Å². The van der Waals surface area contributed by atoms with Gasteiger partial charge in [0.1, 0.15) is 5.41 Å². The first-order valence-corrected chi connectivity index (χ1v) is 4.76. The van der Waals surface area contributed by atoms with Crippen molar-refractivity contribution in [1.82, 2.24) is 10.6 Å². The summed E-state index contributed by atoms with van der Waals surface area (Å²) < 4.78 is 0. The first kappa shape index (κ1) is 9.21. The fraction of sp³-hybridized carbons (Fsp3) is 0.364. The zero-order chi connectivity index (χ0) is 10.2. The number of nitrogens with one attached hydrogen (secondary N) is 2. The van der Waals surface area contributed by atoms with Crippen LogP contribution < -0.4 is 10.6 Å². The Kier molecular flexibility index (Phi) is 2.04. The molecule has 1 amide bonds. The number of hydrogen-bond acceptors (Lipinski definition) is 2. The molecule has 1 spiro atoms. The van der Waals surface area contributed by atoms with Gasteiger partial charge in [-0.1, -0.05) is 18.7 Å². The van der Waals surface area contributed by atoms with E-state index in [0.29, 0.717) is 0 Å². The lowest BCUT2D eigenvalue weighted by Gasteiger charge is -2.38. The highest BCUT2D eigenvalue weighted by molar-refractivity contribution is 5.94. The van der Waals surface area contributed by atoms with Gasteiger partial charge in [0.05, 0.1) is 0 Å². The average Bonchev–Trinajstić information content (AvgIpc) is 2.38. The van der Waals surface area contributed by atoms with Crippen molar-refractivity contribution < 1.29 is 4.79 Å². The molecule has 2 N–H and O–H groups in total. The third-order valence-electron chi connectivity index (χ3n) is 2.88. The Morgan fingerprint density at radius 1 is 1.50 bits per heavy atom. The van der Waals surface area contributed by atoms with Gasteiger partial charge < -0.3 is 10.6 Å². The Labute approximate surface area is 83.6 Å². The highest BCUT2D eigenvalue weighted by Crippen LogP contribution is 2.39. The van der Waals surface area contributed by atoms with Crippen molar-refractivity contribution in [2.24, 2.45) is 5.41 Å². The summed E-state index contributed by atoms with van der Waals surface area (Å²) in [6.07, 6.45) is 5.66. The second kappa shape index (κ2) is 3.10. The monoisotopic (exact) mass is 190 g/mol. The average molecular weight is 190 g/mol. The summed E-state index contributed by atoms with van der Waals surface area (Å²) in [5, 5.41) is 6.01. The second-order valence-electron chi connectivity index (χ2n) is 3.67. The van der Waals surface area contributed by atoms with E-state index in [1.165, 1.54) is 0 Å². The number of amides is 1. The van der Waals surface area contributed by atoms with Crippen LogP contribution in [0.3, 0.4) is 0 Å². The van der Waals surface area contributed by atoms with Gasteiger partial charge in [0.15, 0.2) is 0 Å². The van der Waals surface area contributed by atoms with Crippen molar-refractivity contribution in [2.45, 2.75) is 6.92 Å². The van der Waals surface area contributed by atoms with E-state index in [1.807, 2.05) is 19.1 Å². The molecule has 74 valence electrons. The number of hydrogen-bond donors (Lipinski definition) is 2. The van der Waals surface area contributed by atoms with E-state index in [4.69, 9.17) is 0 Å². The Hall–Kier alpha value is -1.35. The third-order valence-corrected chi connectivity index (χ3v) is 2.88. The molecule has 1 fully saturated rings. The quantitative estimate of drug-likeness (QED) is 0.673. The van der Waals surface area contributed by atoms with Crippen LogP contribution in [0.15, 0.2) is 36.1 Å². The summed E-state index contributed by atoms with van der Waals surface area (Å²) in [7, 11) is 0. The zero-order valence-electron chi connectivity index (χ0n) is 8.26. The molecule has 0 aliphatic carbocycles. The molecule has 0 aromatic heterocycles. The fourth-order valence-electron chi connectivity index (χ4n) is 1.99. The van der Waals surface area contributed by atoms with Crippen LogP contribution >= 0.6 is 0 Å². The lowest BCUT2D eigenvalue weighted by Crippen LogP contribution is -2.58. The SMILES string of the molecule is C=CC1=C(/C=C\C)C2(CNC2)C(=O)N1. The van der Waals surface area contributed by atoms with E-state index >= 15 is 0 Å². The molecule has 0 aromatic rings. The summed E-state index contributed by atoms with van der Waals surface area (Å²) in [5.74, 6) is 0.0965. The lowest BCUT2D eigenvalue weighted by molar-refractivity contribution is -0.128. The van der Waals surface area contributed by atoms with Crippen LogP contribution in [0.1, 0.15) is 6.92 Å². The maximum absolute atomic E-state index is 11.8. The molecule has 0 radical (unpaired) electrons. The molecule has 14 heavy (non-hydrogen) atoms. The summed E-state index contributed by atoms with van der Waals surface area (Å²) in [6, 6.07) is 0. The van der Waals surface area contributed by atoms with Crippen molar-refractivity contribution >= 4 is 5.91 Å². The van der Waals surface area contributed by atoms with Gasteiger partial charge >= 0.3 is 0 Å². The molecule has 1 saturated heterocycles. The van der Waals surface area contributed by atoms with Crippen molar-refractivity contribution in [2.75, 3.05) is 13.1 Å².